The lowest BCUT2D eigenvalue weighted by atomic mass is 10.2. The maximum Gasteiger partial charge on any atom is 0.329 e. The summed E-state index contributed by atoms with van der Waals surface area (Å²) in [5, 5.41) is 7.75. The van der Waals surface area contributed by atoms with Gasteiger partial charge in [0, 0.05) is 32.7 Å². The van der Waals surface area contributed by atoms with E-state index in [-0.39, 0.29) is 13.2 Å². The van der Waals surface area contributed by atoms with Crippen molar-refractivity contribution in [2.24, 2.45) is 5.10 Å². The van der Waals surface area contributed by atoms with Crippen LogP contribution in [-0.4, -0.2) is 25.1 Å². The first-order valence-corrected chi connectivity index (χ1v) is 11.1. The summed E-state index contributed by atoms with van der Waals surface area (Å²) in [6, 6.07) is 17.2. The Balaban J connectivity index is 1.58. The number of rotatable bonds is 8. The van der Waals surface area contributed by atoms with Crippen LogP contribution in [0.15, 0.2) is 65.8 Å². The van der Waals surface area contributed by atoms with E-state index in [1.807, 2.05) is 0 Å². The monoisotopic (exact) mass is 519 g/mol. The molecule has 0 radical (unpaired) electrons. The average Bonchev–Trinajstić information content (AvgIpc) is 2.83. The lowest BCUT2D eigenvalue weighted by Gasteiger charge is -2.12. The number of ether oxygens (including phenoxy) is 2. The number of hydrogen-bond acceptors (Lipinski definition) is 5. The molecule has 0 bridgehead atoms. The van der Waals surface area contributed by atoms with E-state index < -0.39 is 11.8 Å². The fourth-order valence-electron chi connectivity index (χ4n) is 2.79. The minimum absolute atomic E-state index is 0.112. The second-order valence-corrected chi connectivity index (χ2v) is 8.15. The Hall–Kier alpha value is -3.26. The van der Waals surface area contributed by atoms with Crippen LogP contribution in [-0.2, 0) is 22.7 Å². The molecule has 2 amide bonds. The van der Waals surface area contributed by atoms with Crippen LogP contribution in [0.4, 0.5) is 0 Å². The molecule has 3 aromatic rings. The van der Waals surface area contributed by atoms with Gasteiger partial charge in [0.25, 0.3) is 0 Å². The van der Waals surface area contributed by atoms with E-state index in [1.54, 1.807) is 67.8 Å². The number of halogens is 3. The molecule has 7 nitrogen and oxygen atoms in total. The summed E-state index contributed by atoms with van der Waals surface area (Å²) in [4.78, 5) is 24.1. The molecule has 3 aromatic carbocycles. The van der Waals surface area contributed by atoms with Crippen LogP contribution in [0.5, 0.6) is 11.5 Å². The SMILES string of the molecule is COc1ccc(CNC(=O)C(=O)N/N=C\c2cc(Cl)ccc2OCc2c(Cl)cccc2Cl)cc1. The van der Waals surface area contributed by atoms with Crippen molar-refractivity contribution in [2.75, 3.05) is 7.11 Å². The van der Waals surface area contributed by atoms with E-state index in [2.05, 4.69) is 15.8 Å². The largest absolute Gasteiger partial charge is 0.497 e. The fourth-order valence-corrected chi connectivity index (χ4v) is 3.48. The maximum absolute atomic E-state index is 12.0. The van der Waals surface area contributed by atoms with Gasteiger partial charge in [-0.25, -0.2) is 5.43 Å². The molecule has 0 atom stereocenters. The third kappa shape index (κ3) is 7.12. The molecular formula is C24H20Cl3N3O4. The molecule has 0 saturated heterocycles. The summed E-state index contributed by atoms with van der Waals surface area (Å²) in [7, 11) is 1.56. The Morgan fingerprint density at radius 1 is 0.971 bits per heavy atom. The lowest BCUT2D eigenvalue weighted by Crippen LogP contribution is -2.37. The molecule has 10 heteroatoms. The van der Waals surface area contributed by atoms with Gasteiger partial charge in [-0.05, 0) is 48.0 Å². The van der Waals surface area contributed by atoms with Crippen LogP contribution >= 0.6 is 34.8 Å². The van der Waals surface area contributed by atoms with E-state index in [4.69, 9.17) is 44.3 Å². The molecule has 3 rings (SSSR count). The van der Waals surface area contributed by atoms with Gasteiger partial charge in [0.15, 0.2) is 0 Å². The number of amides is 2. The predicted molar refractivity (Wildman–Crippen MR) is 133 cm³/mol. The first-order valence-electron chi connectivity index (χ1n) is 9.96. The number of nitrogens with one attached hydrogen (secondary N) is 2. The predicted octanol–water partition coefficient (Wildman–Crippen LogP) is 5.00. The fraction of sp³-hybridized carbons (Fsp3) is 0.125. The molecule has 0 saturated carbocycles. The number of nitrogens with zero attached hydrogens (tertiary/aromatic N) is 1. The Bertz CT molecular complexity index is 1180. The minimum atomic E-state index is -0.919. The molecule has 0 aliphatic carbocycles. The normalized spacial score (nSPS) is 10.7. The lowest BCUT2D eigenvalue weighted by molar-refractivity contribution is -0.139. The van der Waals surface area contributed by atoms with Gasteiger partial charge < -0.3 is 14.8 Å². The molecule has 0 aliphatic heterocycles. The number of hydrogen-bond donors (Lipinski definition) is 2. The number of methoxy groups -OCH3 is 1. The Labute approximate surface area is 211 Å². The molecule has 0 spiro atoms. The van der Waals surface area contributed by atoms with Crippen LogP contribution in [0.3, 0.4) is 0 Å². The third-order valence-corrected chi connectivity index (χ3v) is 5.54. The summed E-state index contributed by atoms with van der Waals surface area (Å²) in [6.45, 7) is 0.290. The average molecular weight is 521 g/mol. The van der Waals surface area contributed by atoms with E-state index in [0.29, 0.717) is 37.7 Å². The van der Waals surface area contributed by atoms with Crippen molar-refractivity contribution in [3.05, 3.63) is 92.4 Å². The third-order valence-electron chi connectivity index (χ3n) is 4.59. The number of carbonyl (C=O) groups excluding carboxylic acids is 2. The summed E-state index contributed by atoms with van der Waals surface area (Å²) in [6.07, 6.45) is 1.32. The highest BCUT2D eigenvalue weighted by atomic mass is 35.5. The molecule has 0 unspecified atom stereocenters. The Morgan fingerprint density at radius 3 is 2.35 bits per heavy atom. The molecule has 0 heterocycles. The van der Waals surface area contributed by atoms with E-state index in [9.17, 15) is 9.59 Å². The van der Waals surface area contributed by atoms with Gasteiger partial charge in [0.05, 0.1) is 13.3 Å². The van der Waals surface area contributed by atoms with Crippen LogP contribution in [0.25, 0.3) is 0 Å². The second kappa shape index (κ2) is 12.3. The van der Waals surface area contributed by atoms with Crippen molar-refractivity contribution in [1.82, 2.24) is 10.7 Å². The maximum atomic E-state index is 12.0. The van der Waals surface area contributed by atoms with E-state index >= 15 is 0 Å². The van der Waals surface area contributed by atoms with Gasteiger partial charge in [-0.3, -0.25) is 9.59 Å². The number of hydrazone groups is 1. The van der Waals surface area contributed by atoms with Gasteiger partial charge >= 0.3 is 11.8 Å². The molecular weight excluding hydrogens is 501 g/mol. The second-order valence-electron chi connectivity index (χ2n) is 6.90. The zero-order valence-corrected chi connectivity index (χ0v) is 20.2. The van der Waals surface area contributed by atoms with Crippen molar-refractivity contribution < 1.29 is 19.1 Å². The molecule has 34 heavy (non-hydrogen) atoms. The summed E-state index contributed by atoms with van der Waals surface area (Å²) in [5.41, 5.74) is 4.10. The zero-order chi connectivity index (χ0) is 24.5. The highest BCUT2D eigenvalue weighted by molar-refractivity contribution is 6.36. The first kappa shape index (κ1) is 25.4. The van der Waals surface area contributed by atoms with E-state index in [0.717, 1.165) is 5.56 Å². The van der Waals surface area contributed by atoms with Gasteiger partial charge in [-0.2, -0.15) is 5.10 Å². The Morgan fingerprint density at radius 2 is 1.68 bits per heavy atom. The van der Waals surface area contributed by atoms with Gasteiger partial charge in [0.1, 0.15) is 18.1 Å². The Kier molecular flexibility index (Phi) is 9.16. The van der Waals surface area contributed by atoms with Crippen LogP contribution in [0.2, 0.25) is 15.1 Å². The molecule has 0 aromatic heterocycles. The topological polar surface area (TPSA) is 89.0 Å². The standard InChI is InChI=1S/C24H20Cl3N3O4/c1-33-18-8-5-15(6-9-18)12-28-23(31)24(32)30-29-13-16-11-17(25)7-10-22(16)34-14-19-20(26)3-2-4-21(19)27/h2-11,13H,12,14H2,1H3,(H,28,31)(H,30,32)/b29-13-. The van der Waals surface area contributed by atoms with Crippen molar-refractivity contribution in [2.45, 2.75) is 13.2 Å². The smallest absolute Gasteiger partial charge is 0.329 e. The van der Waals surface area contributed by atoms with Gasteiger partial charge in [-0.15, -0.1) is 0 Å². The zero-order valence-electron chi connectivity index (χ0n) is 18.0. The van der Waals surface area contributed by atoms with Crippen molar-refractivity contribution in [3.8, 4) is 11.5 Å². The van der Waals surface area contributed by atoms with Crippen LogP contribution in [0, 0.1) is 0 Å². The molecule has 176 valence electrons. The summed E-state index contributed by atoms with van der Waals surface area (Å²) < 4.78 is 10.9. The summed E-state index contributed by atoms with van der Waals surface area (Å²) >= 11 is 18.4. The minimum Gasteiger partial charge on any atom is -0.497 e. The first-order chi connectivity index (χ1) is 16.4. The number of benzene rings is 3. The summed E-state index contributed by atoms with van der Waals surface area (Å²) in [5.74, 6) is -0.621. The molecule has 2 N–H and O–H groups in total. The highest BCUT2D eigenvalue weighted by Gasteiger charge is 2.13. The van der Waals surface area contributed by atoms with Crippen molar-refractivity contribution in [3.63, 3.8) is 0 Å². The number of carbonyl (C=O) groups is 2. The van der Waals surface area contributed by atoms with Gasteiger partial charge in [0.2, 0.25) is 0 Å². The van der Waals surface area contributed by atoms with Crippen molar-refractivity contribution >= 4 is 52.8 Å². The molecule has 0 aliphatic rings. The van der Waals surface area contributed by atoms with E-state index in [1.165, 1.54) is 6.21 Å². The van der Waals surface area contributed by atoms with Gasteiger partial charge in [-0.1, -0.05) is 53.0 Å². The quantitative estimate of drug-likeness (QED) is 0.248. The highest BCUT2D eigenvalue weighted by Crippen LogP contribution is 2.27. The van der Waals surface area contributed by atoms with Crippen LogP contribution < -0.4 is 20.2 Å². The molecule has 0 fully saturated rings. The van der Waals surface area contributed by atoms with Crippen molar-refractivity contribution in [1.29, 1.82) is 0 Å². The van der Waals surface area contributed by atoms with Crippen LogP contribution in [0.1, 0.15) is 16.7 Å².